The average molecular weight is 469 g/mol. The smallest absolute Gasteiger partial charge is 0.312 e. The summed E-state index contributed by atoms with van der Waals surface area (Å²) in [4.78, 5) is 58.2. The lowest BCUT2D eigenvalue weighted by Gasteiger charge is -2.34. The minimum atomic E-state index is -3.09. The van der Waals surface area contributed by atoms with Gasteiger partial charge in [-0.2, -0.15) is 0 Å². The molecule has 1 spiro atoms. The molecular formula is C25H31N5O4. The maximum absolute atomic E-state index is 14.1. The van der Waals surface area contributed by atoms with Crippen molar-refractivity contribution in [2.75, 3.05) is 18.8 Å². The molecule has 1 aliphatic carbocycles. The largest absolute Gasteiger partial charge is 0.345 e. The van der Waals surface area contributed by atoms with Crippen molar-refractivity contribution in [1.82, 2.24) is 15.1 Å². The minimum Gasteiger partial charge on any atom is -0.345 e. The summed E-state index contributed by atoms with van der Waals surface area (Å²) in [7, 11) is 0. The first-order valence-corrected chi connectivity index (χ1v) is 11.4. The van der Waals surface area contributed by atoms with Crippen LogP contribution in [-0.4, -0.2) is 65.2 Å². The van der Waals surface area contributed by atoms with E-state index < -0.39 is 47.7 Å². The Morgan fingerprint density at radius 2 is 2.06 bits per heavy atom. The molecule has 2 N–H and O–H groups in total. The fourth-order valence-electron chi connectivity index (χ4n) is 4.74. The maximum atomic E-state index is 14.1. The van der Waals surface area contributed by atoms with E-state index in [2.05, 4.69) is 15.5 Å². The number of likely N-dealkylation sites (N-methyl/N-ethyl adjacent to an activating group) is 1. The molecule has 2 aliphatic heterocycles. The van der Waals surface area contributed by atoms with E-state index in [0.717, 1.165) is 0 Å². The van der Waals surface area contributed by atoms with Gasteiger partial charge in [0.25, 0.3) is 5.91 Å². The molecule has 1 aromatic carbocycles. The van der Waals surface area contributed by atoms with E-state index in [4.69, 9.17) is 10.7 Å². The molecule has 9 heteroatoms. The normalized spacial score (nSPS) is 25.9. The van der Waals surface area contributed by atoms with Crippen molar-refractivity contribution in [1.29, 1.82) is 0 Å². The monoisotopic (exact) mass is 468 g/mol. The maximum Gasteiger partial charge on any atom is 0.312 e. The Bertz CT molecular complexity index is 1180. The summed E-state index contributed by atoms with van der Waals surface area (Å²) < 4.78 is 24.2. The van der Waals surface area contributed by atoms with Crippen LogP contribution < -0.4 is 10.6 Å². The number of likely N-dealkylation sites (tertiary alicyclic amines) is 1. The molecule has 4 amide bonds. The van der Waals surface area contributed by atoms with Crippen molar-refractivity contribution in [3.63, 3.8) is 0 Å². The number of nitrogens with one attached hydrogen (secondary N) is 2. The van der Waals surface area contributed by atoms with Crippen LogP contribution in [-0.2, 0) is 24.6 Å². The minimum absolute atomic E-state index is 0.0389. The fraction of sp³-hybridized carbons (Fsp3) is 0.560. The number of anilines is 1. The lowest BCUT2D eigenvalue weighted by Crippen LogP contribution is -2.55. The van der Waals surface area contributed by atoms with Gasteiger partial charge >= 0.3 is 18.0 Å². The molecule has 0 bridgehead atoms. The highest BCUT2D eigenvalue weighted by molar-refractivity contribution is 6.35. The van der Waals surface area contributed by atoms with Crippen molar-refractivity contribution in [3.8, 4) is 0 Å². The zero-order valence-electron chi connectivity index (χ0n) is 22.6. The summed E-state index contributed by atoms with van der Waals surface area (Å²) in [6.45, 7) is 9.89. The molecule has 34 heavy (non-hydrogen) atoms. The molecule has 9 nitrogen and oxygen atoms in total. The topological polar surface area (TPSA) is 103 Å². The van der Waals surface area contributed by atoms with E-state index >= 15 is 0 Å². The van der Waals surface area contributed by atoms with Gasteiger partial charge in [-0.1, -0.05) is 39.0 Å². The highest BCUT2D eigenvalue weighted by Crippen LogP contribution is 2.47. The summed E-state index contributed by atoms with van der Waals surface area (Å²) in [6, 6.07) is 5.34. The van der Waals surface area contributed by atoms with Crippen LogP contribution in [0, 0.1) is 12.0 Å². The van der Waals surface area contributed by atoms with Crippen LogP contribution in [0.4, 0.5) is 5.69 Å². The van der Waals surface area contributed by atoms with Crippen molar-refractivity contribution < 1.29 is 23.3 Å². The molecule has 2 heterocycles. The molecule has 2 fully saturated rings. The summed E-state index contributed by atoms with van der Waals surface area (Å²) in [6.07, 6.45) is 0.327. The van der Waals surface area contributed by atoms with E-state index in [1.807, 2.05) is 0 Å². The molecule has 0 unspecified atom stereocenters. The van der Waals surface area contributed by atoms with Crippen molar-refractivity contribution in [2.45, 2.75) is 70.1 Å². The summed E-state index contributed by atoms with van der Waals surface area (Å²) >= 11 is 0. The van der Waals surface area contributed by atoms with Crippen LogP contribution >= 0.6 is 0 Å². The molecule has 4 rings (SSSR count). The SMILES string of the molecule is [2H]C([2H])([2H])N(C(=O)C(=O)NC1CC1)[C@@H](CC(C)(C)C)C(=O)N1C[C@]2(C[C@H]1[N+]#[C-])C(=O)Nc1ccccc12. The lowest BCUT2D eigenvalue weighted by atomic mass is 9.80. The van der Waals surface area contributed by atoms with Crippen LogP contribution in [0.1, 0.15) is 56.1 Å². The second-order valence-corrected chi connectivity index (χ2v) is 10.6. The second kappa shape index (κ2) is 8.42. The van der Waals surface area contributed by atoms with Gasteiger partial charge < -0.3 is 15.5 Å². The predicted molar refractivity (Wildman–Crippen MR) is 125 cm³/mol. The van der Waals surface area contributed by atoms with Crippen molar-refractivity contribution >= 4 is 29.3 Å². The highest BCUT2D eigenvalue weighted by Gasteiger charge is 2.59. The van der Waals surface area contributed by atoms with Gasteiger partial charge in [-0.05, 0) is 36.3 Å². The molecule has 0 radical (unpaired) electrons. The van der Waals surface area contributed by atoms with E-state index in [0.29, 0.717) is 29.0 Å². The third-order valence-corrected chi connectivity index (χ3v) is 6.62. The quantitative estimate of drug-likeness (QED) is 0.520. The van der Waals surface area contributed by atoms with Gasteiger partial charge in [-0.25, -0.2) is 6.57 Å². The van der Waals surface area contributed by atoms with Crippen LogP contribution in [0.2, 0.25) is 0 Å². The van der Waals surface area contributed by atoms with Gasteiger partial charge in [-0.3, -0.25) is 28.9 Å². The van der Waals surface area contributed by atoms with Gasteiger partial charge in [-0.15, -0.1) is 0 Å². The van der Waals surface area contributed by atoms with Crippen LogP contribution in [0.5, 0.6) is 0 Å². The number of hydrogen-bond donors (Lipinski definition) is 2. The molecule has 0 aromatic heterocycles. The van der Waals surface area contributed by atoms with Gasteiger partial charge in [0.05, 0.1) is 6.42 Å². The van der Waals surface area contributed by atoms with Crippen LogP contribution in [0.3, 0.4) is 0 Å². The third-order valence-electron chi connectivity index (χ3n) is 6.62. The Morgan fingerprint density at radius 1 is 1.35 bits per heavy atom. The number of carbonyl (C=O) groups is 4. The number of amides is 4. The van der Waals surface area contributed by atoms with Gasteiger partial charge in [0.1, 0.15) is 11.5 Å². The first-order chi connectivity index (χ1) is 17.2. The summed E-state index contributed by atoms with van der Waals surface area (Å²) in [5, 5.41) is 5.32. The number of carbonyl (C=O) groups excluding carboxylic acids is 4. The number of nitrogens with zero attached hydrogens (tertiary/aromatic N) is 3. The van der Waals surface area contributed by atoms with Gasteiger partial charge in [0.2, 0.25) is 5.91 Å². The zero-order valence-corrected chi connectivity index (χ0v) is 19.6. The second-order valence-electron chi connectivity index (χ2n) is 10.6. The highest BCUT2D eigenvalue weighted by atomic mass is 16.2. The van der Waals surface area contributed by atoms with Crippen LogP contribution in [0.15, 0.2) is 24.3 Å². The molecule has 3 atom stereocenters. The lowest BCUT2D eigenvalue weighted by molar-refractivity contribution is -0.151. The average Bonchev–Trinajstić information content (AvgIpc) is 3.45. The number of hydrogen-bond acceptors (Lipinski definition) is 4. The Morgan fingerprint density at radius 3 is 2.68 bits per heavy atom. The van der Waals surface area contributed by atoms with Crippen molar-refractivity contribution in [3.05, 3.63) is 41.2 Å². The Labute approximate surface area is 203 Å². The molecule has 1 saturated heterocycles. The Kier molecular flexibility index (Phi) is 4.96. The Hall–Kier alpha value is -3.41. The van der Waals surface area contributed by atoms with Crippen molar-refractivity contribution in [2.24, 2.45) is 5.41 Å². The fourth-order valence-corrected chi connectivity index (χ4v) is 4.74. The summed E-state index contributed by atoms with van der Waals surface area (Å²) in [5.74, 6) is -3.49. The number of fused-ring (bicyclic) bond motifs is 2. The van der Waals surface area contributed by atoms with E-state index in [1.54, 1.807) is 45.0 Å². The third kappa shape index (κ3) is 4.25. The van der Waals surface area contributed by atoms with E-state index in [9.17, 15) is 19.2 Å². The molecular weight excluding hydrogens is 434 g/mol. The molecule has 180 valence electrons. The van der Waals surface area contributed by atoms with E-state index in [1.165, 1.54) is 4.90 Å². The first kappa shape index (κ1) is 20.0. The molecule has 3 aliphatic rings. The molecule has 1 aromatic rings. The number of benzene rings is 1. The summed E-state index contributed by atoms with van der Waals surface area (Å²) in [5.41, 5.74) is -0.498. The Balaban J connectivity index is 1.72. The van der Waals surface area contributed by atoms with E-state index in [-0.39, 0.29) is 31.3 Å². The molecule has 1 saturated carbocycles. The standard InChI is InChI=1S/C25H31N5O4/c1-24(2,3)12-18(29(5)22(33)20(31)27-15-10-11-15)21(32)30-14-25(13-19(30)26-4)16-8-6-7-9-17(16)28-23(25)34/h6-9,15,18-19H,10-14H2,1-3,5H3,(H,27,31)(H,28,34)/t18-,19-,25-/m0/s1/i5D3. The zero-order chi connectivity index (χ0) is 27.3. The van der Waals surface area contributed by atoms with Gasteiger partial charge in [0, 0.05) is 29.4 Å². The number of para-hydroxylation sites is 1. The van der Waals surface area contributed by atoms with Gasteiger partial charge in [0.15, 0.2) is 0 Å². The number of rotatable bonds is 4. The predicted octanol–water partition coefficient (Wildman–Crippen LogP) is 1.90. The first-order valence-electron chi connectivity index (χ1n) is 12.9. The van der Waals surface area contributed by atoms with Crippen LogP contribution in [0.25, 0.3) is 4.85 Å².